The van der Waals surface area contributed by atoms with Crippen molar-refractivity contribution in [2.24, 2.45) is 11.7 Å². The minimum Gasteiger partial charge on any atom is -0.395 e. The van der Waals surface area contributed by atoms with E-state index in [2.05, 4.69) is 9.92 Å². The Labute approximate surface area is 82.5 Å². The van der Waals surface area contributed by atoms with Crippen LogP contribution in [0.4, 0.5) is 4.79 Å². The molecule has 0 aromatic heterocycles. The van der Waals surface area contributed by atoms with Crippen LogP contribution < -0.4 is 10.5 Å². The van der Waals surface area contributed by atoms with Gasteiger partial charge in [-0.1, -0.05) is 13.8 Å². The lowest BCUT2D eigenvalue weighted by Crippen LogP contribution is -2.43. The van der Waals surface area contributed by atoms with E-state index in [4.69, 9.17) is 5.11 Å². The Morgan fingerprint density at radius 2 is 2.07 bits per heavy atom. The summed E-state index contributed by atoms with van der Waals surface area (Å²) < 4.78 is 27.7. The molecule has 0 fully saturated rings. The van der Waals surface area contributed by atoms with Gasteiger partial charge in [-0.3, -0.25) is 0 Å². The van der Waals surface area contributed by atoms with Crippen LogP contribution in [0.1, 0.15) is 13.8 Å². The second-order valence-corrected chi connectivity index (χ2v) is 4.32. The van der Waals surface area contributed by atoms with Crippen LogP contribution in [0.25, 0.3) is 0 Å². The molecule has 14 heavy (non-hydrogen) atoms. The van der Waals surface area contributed by atoms with Crippen LogP contribution in [-0.4, -0.2) is 32.3 Å². The van der Waals surface area contributed by atoms with Crippen LogP contribution in [0.5, 0.6) is 0 Å². The minimum absolute atomic E-state index is 0.133. The largest absolute Gasteiger partial charge is 0.421 e. The summed E-state index contributed by atoms with van der Waals surface area (Å²) >= 11 is 0. The van der Waals surface area contributed by atoms with Crippen LogP contribution in [0.15, 0.2) is 0 Å². The number of aliphatic hydroxyl groups is 1. The number of nitrogens with one attached hydrogen (secondary N) is 1. The van der Waals surface area contributed by atoms with E-state index in [1.165, 1.54) is 0 Å². The van der Waals surface area contributed by atoms with Gasteiger partial charge in [-0.25, -0.2) is 4.79 Å². The van der Waals surface area contributed by atoms with Gasteiger partial charge < -0.3 is 15.0 Å². The van der Waals surface area contributed by atoms with Crippen molar-refractivity contribution >= 4 is 16.4 Å². The third-order valence-corrected chi connectivity index (χ3v) is 2.46. The van der Waals surface area contributed by atoms with Crippen molar-refractivity contribution in [3.8, 4) is 0 Å². The third-order valence-electron chi connectivity index (χ3n) is 1.49. The van der Waals surface area contributed by atoms with Crippen molar-refractivity contribution in [2.45, 2.75) is 19.9 Å². The van der Waals surface area contributed by atoms with Gasteiger partial charge in [0.05, 0.1) is 12.6 Å². The number of aliphatic hydroxyl groups excluding tert-OH is 1. The van der Waals surface area contributed by atoms with Gasteiger partial charge in [-0.05, 0) is 5.92 Å². The van der Waals surface area contributed by atoms with Gasteiger partial charge in [0, 0.05) is 0 Å². The van der Waals surface area contributed by atoms with E-state index < -0.39 is 22.4 Å². The first kappa shape index (κ1) is 13.1. The van der Waals surface area contributed by atoms with Gasteiger partial charge in [0.25, 0.3) is 0 Å². The van der Waals surface area contributed by atoms with Crippen molar-refractivity contribution in [3.05, 3.63) is 0 Å². The number of nitrogens with two attached hydrogens (primary N) is 1. The molecule has 7 nitrogen and oxygen atoms in total. The fraction of sp³-hybridized carbons (Fsp3) is 0.833. The van der Waals surface area contributed by atoms with Crippen molar-refractivity contribution in [2.75, 3.05) is 6.61 Å². The topological polar surface area (TPSA) is 119 Å². The lowest BCUT2D eigenvalue weighted by atomic mass is 10.1. The van der Waals surface area contributed by atoms with Crippen LogP contribution in [0.3, 0.4) is 0 Å². The maximum atomic E-state index is 11.0. The number of amides is 1. The van der Waals surface area contributed by atoms with E-state index >= 15 is 0 Å². The summed E-state index contributed by atoms with van der Waals surface area (Å²) in [5.74, 6) is -0.133. The van der Waals surface area contributed by atoms with Gasteiger partial charge in [0.15, 0.2) is 0 Å². The van der Waals surface area contributed by atoms with Crippen molar-refractivity contribution in [1.82, 2.24) is 4.72 Å². The predicted molar refractivity (Wildman–Crippen MR) is 48.4 cm³/mol. The van der Waals surface area contributed by atoms with E-state index in [1.807, 2.05) is 4.72 Å². The van der Waals surface area contributed by atoms with Gasteiger partial charge in [-0.15, -0.1) is 0 Å². The zero-order valence-electron chi connectivity index (χ0n) is 7.93. The molecular weight excluding hydrogens is 212 g/mol. The monoisotopic (exact) mass is 226 g/mol. The molecule has 0 rings (SSSR count). The Morgan fingerprint density at radius 3 is 2.36 bits per heavy atom. The first-order chi connectivity index (χ1) is 6.28. The summed E-state index contributed by atoms with van der Waals surface area (Å²) in [6.45, 7) is 3.01. The minimum atomic E-state index is -4.22. The molecule has 0 saturated heterocycles. The molecular formula is C6H14N2O5S. The fourth-order valence-electron chi connectivity index (χ4n) is 0.702. The highest BCUT2D eigenvalue weighted by Crippen LogP contribution is 2.02. The number of hydrogen-bond donors (Lipinski definition) is 3. The summed E-state index contributed by atoms with van der Waals surface area (Å²) in [6, 6.07) is -0.709. The smallest absolute Gasteiger partial charge is 0.395 e. The van der Waals surface area contributed by atoms with E-state index in [-0.39, 0.29) is 12.5 Å². The number of carbonyl (C=O) groups is 1. The Hall–Kier alpha value is -0.860. The van der Waals surface area contributed by atoms with Gasteiger partial charge >= 0.3 is 16.4 Å². The summed E-state index contributed by atoms with van der Waals surface area (Å²) in [7, 11) is -4.22. The fourth-order valence-corrected chi connectivity index (χ4v) is 1.68. The zero-order valence-corrected chi connectivity index (χ0v) is 8.74. The summed E-state index contributed by atoms with van der Waals surface area (Å²) in [5, 5.41) is 8.80. The first-order valence-electron chi connectivity index (χ1n) is 3.90. The molecule has 0 spiro atoms. The maximum Gasteiger partial charge on any atom is 0.421 e. The molecule has 0 saturated carbocycles. The second-order valence-electron chi connectivity index (χ2n) is 3.01. The lowest BCUT2D eigenvalue weighted by Gasteiger charge is -2.18. The quantitative estimate of drug-likeness (QED) is 0.551. The molecule has 0 radical (unpaired) electrons. The van der Waals surface area contributed by atoms with Crippen molar-refractivity contribution in [1.29, 1.82) is 0 Å². The SMILES string of the molecule is CC(C)C(CO)NS(=O)(=O)OC(N)=O. The molecule has 4 N–H and O–H groups in total. The second kappa shape index (κ2) is 5.13. The molecule has 1 atom stereocenters. The average Bonchev–Trinajstić information content (AvgIpc) is 1.97. The number of primary amides is 1. The maximum absolute atomic E-state index is 11.0. The number of rotatable bonds is 5. The normalized spacial score (nSPS) is 14.0. The van der Waals surface area contributed by atoms with E-state index in [0.717, 1.165) is 0 Å². The van der Waals surface area contributed by atoms with E-state index in [1.54, 1.807) is 13.8 Å². The molecule has 0 aliphatic carbocycles. The molecule has 8 heteroatoms. The highest BCUT2D eigenvalue weighted by Gasteiger charge is 2.22. The number of carbonyl (C=O) groups excluding carboxylic acids is 1. The molecule has 84 valence electrons. The van der Waals surface area contributed by atoms with Gasteiger partial charge in [0.2, 0.25) is 0 Å². The summed E-state index contributed by atoms with van der Waals surface area (Å²) in [6.07, 6.45) is -1.42. The lowest BCUT2D eigenvalue weighted by molar-refractivity contribution is 0.204. The van der Waals surface area contributed by atoms with Crippen LogP contribution in [0.2, 0.25) is 0 Å². The third kappa shape index (κ3) is 5.00. The van der Waals surface area contributed by atoms with Crippen molar-refractivity contribution in [3.63, 3.8) is 0 Å². The molecule has 0 heterocycles. The molecule has 0 aromatic carbocycles. The molecule has 0 bridgehead atoms. The van der Waals surface area contributed by atoms with Crippen LogP contribution in [-0.2, 0) is 14.5 Å². The Balaban J connectivity index is 4.41. The highest BCUT2D eigenvalue weighted by molar-refractivity contribution is 7.85. The molecule has 1 unspecified atom stereocenters. The highest BCUT2D eigenvalue weighted by atomic mass is 32.2. The Kier molecular flexibility index (Phi) is 4.81. The number of hydrogen-bond acceptors (Lipinski definition) is 5. The summed E-state index contributed by atoms with van der Waals surface area (Å²) in [5.41, 5.74) is 4.53. The molecule has 1 amide bonds. The Bertz CT molecular complexity index is 287. The molecule has 0 aromatic rings. The van der Waals surface area contributed by atoms with Gasteiger partial charge in [0.1, 0.15) is 0 Å². The Morgan fingerprint density at radius 1 is 1.57 bits per heavy atom. The molecule has 0 aliphatic heterocycles. The van der Waals surface area contributed by atoms with Crippen molar-refractivity contribution < 1.29 is 22.5 Å². The van der Waals surface area contributed by atoms with E-state index in [0.29, 0.717) is 0 Å². The predicted octanol–water partition coefficient (Wildman–Crippen LogP) is -1.07. The standard InChI is InChI=1S/C6H14N2O5S/c1-4(2)5(3-9)8-14(11,12)13-6(7)10/h4-5,8-9H,3H2,1-2H3,(H2,7,10). The zero-order chi connectivity index (χ0) is 11.4. The van der Waals surface area contributed by atoms with Crippen LogP contribution >= 0.6 is 0 Å². The summed E-state index contributed by atoms with van der Waals surface area (Å²) in [4.78, 5) is 10.2. The first-order valence-corrected chi connectivity index (χ1v) is 5.31. The van der Waals surface area contributed by atoms with Crippen LogP contribution in [0, 0.1) is 5.92 Å². The average molecular weight is 226 g/mol. The van der Waals surface area contributed by atoms with Gasteiger partial charge in [-0.2, -0.15) is 13.1 Å². The molecule has 0 aliphatic rings. The van der Waals surface area contributed by atoms with E-state index in [9.17, 15) is 13.2 Å².